The summed E-state index contributed by atoms with van der Waals surface area (Å²) in [6.45, 7) is 11.0. The van der Waals surface area contributed by atoms with Gasteiger partial charge in [0.2, 0.25) is 0 Å². The minimum atomic E-state index is -3.86. The van der Waals surface area contributed by atoms with E-state index < -0.39 is 14.6 Å². The van der Waals surface area contributed by atoms with Crippen molar-refractivity contribution in [2.45, 2.75) is 62.5 Å². The molecule has 0 aliphatic carbocycles. The fourth-order valence-electron chi connectivity index (χ4n) is 2.80. The number of thiazole rings is 1. The average Bonchev–Trinajstić information content (AvgIpc) is 3.02. The highest BCUT2D eigenvalue weighted by Gasteiger charge is 2.43. The molecular weight excluding hydrogens is 394 g/mol. The van der Waals surface area contributed by atoms with Crippen LogP contribution in [0.5, 0.6) is 0 Å². The van der Waals surface area contributed by atoms with Crippen molar-refractivity contribution in [3.8, 4) is 0 Å². The first kappa shape index (κ1) is 20.9. The first-order valence-corrected chi connectivity index (χ1v) is 11.7. The van der Waals surface area contributed by atoms with Crippen molar-refractivity contribution in [2.24, 2.45) is 0 Å². The van der Waals surface area contributed by atoms with Crippen LogP contribution in [0.2, 0.25) is 0 Å². The molecule has 2 aromatic heterocycles. The molecule has 0 atom stereocenters. The molecule has 3 rings (SSSR count). The third kappa shape index (κ3) is 3.85. The van der Waals surface area contributed by atoms with E-state index in [9.17, 15) is 13.2 Å². The molecule has 1 fully saturated rings. The van der Waals surface area contributed by atoms with Crippen LogP contribution in [0.25, 0.3) is 0 Å². The fourth-order valence-corrected chi connectivity index (χ4v) is 5.21. The fraction of sp³-hybridized carbons (Fsp3) is 0.550. The van der Waals surface area contributed by atoms with E-state index in [1.54, 1.807) is 12.1 Å². The summed E-state index contributed by atoms with van der Waals surface area (Å²) >= 11 is 1.40. The molecule has 0 spiro atoms. The quantitative estimate of drug-likeness (QED) is 0.711. The Morgan fingerprint density at radius 3 is 2.32 bits per heavy atom. The predicted octanol–water partition coefficient (Wildman–Crippen LogP) is 3.41. The van der Waals surface area contributed by atoms with E-state index in [1.807, 2.05) is 5.38 Å². The zero-order chi connectivity index (χ0) is 20.7. The van der Waals surface area contributed by atoms with E-state index in [2.05, 4.69) is 35.6 Å². The Labute approximate surface area is 170 Å². The van der Waals surface area contributed by atoms with Gasteiger partial charge in [-0.3, -0.25) is 4.79 Å². The summed E-state index contributed by atoms with van der Waals surface area (Å²) in [5.41, 5.74) is 0.801. The molecule has 152 valence electrons. The molecule has 0 amide bonds. The van der Waals surface area contributed by atoms with E-state index in [0.29, 0.717) is 5.01 Å². The molecule has 1 aliphatic rings. The van der Waals surface area contributed by atoms with Gasteiger partial charge in [-0.05, 0) is 32.4 Å². The van der Waals surface area contributed by atoms with Crippen molar-refractivity contribution >= 4 is 32.8 Å². The normalized spacial score (nSPS) is 15.4. The Morgan fingerprint density at radius 1 is 1.18 bits per heavy atom. The van der Waals surface area contributed by atoms with Crippen molar-refractivity contribution in [2.75, 3.05) is 18.0 Å². The first-order valence-electron chi connectivity index (χ1n) is 9.37. The summed E-state index contributed by atoms with van der Waals surface area (Å²) < 4.78 is 24.7. The summed E-state index contributed by atoms with van der Waals surface area (Å²) in [5, 5.41) is 2.58. The van der Waals surface area contributed by atoms with Crippen molar-refractivity contribution in [1.29, 1.82) is 0 Å². The zero-order valence-electron chi connectivity index (χ0n) is 17.0. The topological polar surface area (TPSA) is 80.2 Å². The van der Waals surface area contributed by atoms with Gasteiger partial charge in [0.15, 0.2) is 15.6 Å². The Kier molecular flexibility index (Phi) is 5.40. The lowest BCUT2D eigenvalue weighted by Gasteiger charge is -2.32. The van der Waals surface area contributed by atoms with E-state index in [1.165, 1.54) is 31.4 Å². The SMILES string of the molecule is CC(C)(C)c1csc(CC(=O)C(C)(C)S(=O)(=O)c2ccc(N3CCC3)nc2)n1. The van der Waals surface area contributed by atoms with Crippen LogP contribution in [0.15, 0.2) is 28.6 Å². The van der Waals surface area contributed by atoms with Gasteiger partial charge in [-0.2, -0.15) is 0 Å². The van der Waals surface area contributed by atoms with Gasteiger partial charge in [-0.15, -0.1) is 11.3 Å². The van der Waals surface area contributed by atoms with Gasteiger partial charge in [0.25, 0.3) is 0 Å². The van der Waals surface area contributed by atoms with Crippen LogP contribution >= 0.6 is 11.3 Å². The Hall–Kier alpha value is -1.80. The van der Waals surface area contributed by atoms with E-state index in [0.717, 1.165) is 31.0 Å². The Bertz CT molecular complexity index is 967. The third-order valence-corrected chi connectivity index (χ3v) is 8.47. The number of rotatable bonds is 6. The first-order chi connectivity index (χ1) is 12.9. The van der Waals surface area contributed by atoms with Crippen molar-refractivity contribution in [1.82, 2.24) is 9.97 Å². The third-order valence-electron chi connectivity index (χ3n) is 5.19. The maximum atomic E-state index is 13.1. The summed E-state index contributed by atoms with van der Waals surface area (Å²) in [6.07, 6.45) is 2.49. The second-order valence-corrected chi connectivity index (χ2v) is 12.1. The van der Waals surface area contributed by atoms with E-state index >= 15 is 0 Å². The number of nitrogens with zero attached hydrogens (tertiary/aromatic N) is 3. The Morgan fingerprint density at radius 2 is 1.86 bits per heavy atom. The molecule has 0 N–H and O–H groups in total. The van der Waals surface area contributed by atoms with Crippen molar-refractivity contribution < 1.29 is 13.2 Å². The Balaban J connectivity index is 1.79. The summed E-state index contributed by atoms with van der Waals surface area (Å²) in [4.78, 5) is 23.9. The van der Waals surface area contributed by atoms with Gasteiger partial charge in [-0.25, -0.2) is 18.4 Å². The molecule has 6 nitrogen and oxygen atoms in total. The number of hydrogen-bond donors (Lipinski definition) is 0. The van der Waals surface area contributed by atoms with Gasteiger partial charge in [-0.1, -0.05) is 20.8 Å². The standard InChI is InChI=1S/C20H27N3O3S2/c1-19(2,3)15-13-27-18(22-15)11-16(24)20(4,5)28(25,26)14-7-8-17(21-12-14)23-9-6-10-23/h7-8,12-13H,6,9-11H2,1-5H3. The van der Waals surface area contributed by atoms with Gasteiger partial charge in [0, 0.05) is 30.1 Å². The number of carbonyl (C=O) groups excluding carboxylic acids is 1. The van der Waals surface area contributed by atoms with Crippen LogP contribution in [-0.4, -0.2) is 42.0 Å². The molecule has 0 bridgehead atoms. The second-order valence-electron chi connectivity index (χ2n) is 8.68. The number of carbonyl (C=O) groups is 1. The van der Waals surface area contributed by atoms with E-state index in [-0.39, 0.29) is 22.5 Å². The molecule has 0 radical (unpaired) electrons. The minimum Gasteiger partial charge on any atom is -0.356 e. The highest BCUT2D eigenvalue weighted by molar-refractivity contribution is 7.93. The molecule has 0 unspecified atom stereocenters. The summed E-state index contributed by atoms with van der Waals surface area (Å²) in [5.74, 6) is 0.404. The molecule has 0 aromatic carbocycles. The molecule has 2 aromatic rings. The lowest BCUT2D eigenvalue weighted by Crippen LogP contribution is -2.42. The van der Waals surface area contributed by atoms with Gasteiger partial charge in [0.05, 0.1) is 17.0 Å². The monoisotopic (exact) mass is 421 g/mol. The number of Topliss-reactive ketones (excluding diaryl/α,β-unsaturated/α-hetero) is 1. The van der Waals surface area contributed by atoms with E-state index in [4.69, 9.17) is 0 Å². The van der Waals surface area contributed by atoms with Crippen LogP contribution in [0, 0.1) is 0 Å². The molecule has 1 saturated heterocycles. The summed E-state index contributed by atoms with van der Waals surface area (Å²) in [6, 6.07) is 3.26. The lowest BCUT2D eigenvalue weighted by molar-refractivity contribution is -0.120. The number of pyridine rings is 1. The maximum absolute atomic E-state index is 13.1. The number of hydrogen-bond acceptors (Lipinski definition) is 7. The van der Waals surface area contributed by atoms with Crippen LogP contribution in [0.4, 0.5) is 5.82 Å². The highest BCUT2D eigenvalue weighted by Crippen LogP contribution is 2.30. The largest absolute Gasteiger partial charge is 0.356 e. The predicted molar refractivity (Wildman–Crippen MR) is 112 cm³/mol. The van der Waals surface area contributed by atoms with Crippen molar-refractivity contribution in [3.63, 3.8) is 0 Å². The van der Waals surface area contributed by atoms with Crippen molar-refractivity contribution in [3.05, 3.63) is 34.4 Å². The zero-order valence-corrected chi connectivity index (χ0v) is 18.7. The molecule has 1 aliphatic heterocycles. The number of ketones is 1. The average molecular weight is 422 g/mol. The highest BCUT2D eigenvalue weighted by atomic mass is 32.2. The molecule has 3 heterocycles. The maximum Gasteiger partial charge on any atom is 0.192 e. The van der Waals surface area contributed by atoms with Gasteiger partial charge < -0.3 is 4.90 Å². The van der Waals surface area contributed by atoms with Gasteiger partial charge >= 0.3 is 0 Å². The van der Waals surface area contributed by atoms with Crippen LogP contribution in [-0.2, 0) is 26.5 Å². The second kappa shape index (κ2) is 7.22. The minimum absolute atomic E-state index is 0.00622. The van der Waals surface area contributed by atoms with Crippen LogP contribution in [0.3, 0.4) is 0 Å². The molecule has 0 saturated carbocycles. The van der Waals surface area contributed by atoms with Gasteiger partial charge in [0.1, 0.15) is 15.6 Å². The number of anilines is 1. The smallest absolute Gasteiger partial charge is 0.192 e. The van der Waals surface area contributed by atoms with Crippen LogP contribution in [0.1, 0.15) is 51.7 Å². The molecule has 8 heteroatoms. The summed E-state index contributed by atoms with van der Waals surface area (Å²) in [7, 11) is -3.86. The number of aromatic nitrogens is 2. The number of sulfone groups is 1. The molecule has 28 heavy (non-hydrogen) atoms. The van der Waals surface area contributed by atoms with Crippen LogP contribution < -0.4 is 4.90 Å². The molecular formula is C20H27N3O3S2. The lowest BCUT2D eigenvalue weighted by atomic mass is 9.93.